The molecule has 0 aliphatic heterocycles. The molecule has 1 aromatic rings. The van der Waals surface area contributed by atoms with Crippen molar-refractivity contribution in [2.24, 2.45) is 5.92 Å². The van der Waals surface area contributed by atoms with E-state index in [4.69, 9.17) is 5.11 Å². The zero-order valence-electron chi connectivity index (χ0n) is 11.1. The summed E-state index contributed by atoms with van der Waals surface area (Å²) in [4.78, 5) is -0.0558. The molecule has 4 nitrogen and oxygen atoms in total. The summed E-state index contributed by atoms with van der Waals surface area (Å²) >= 11 is 0. The van der Waals surface area contributed by atoms with Crippen LogP contribution in [-0.2, 0) is 16.6 Å². The molecule has 2 rings (SSSR count). The maximum atomic E-state index is 13.7. The Morgan fingerprint density at radius 2 is 2.05 bits per heavy atom. The van der Waals surface area contributed by atoms with Gasteiger partial charge in [0.2, 0.25) is 10.0 Å². The summed E-state index contributed by atoms with van der Waals surface area (Å²) in [5.41, 5.74) is 0.362. The van der Waals surface area contributed by atoms with Crippen molar-refractivity contribution in [1.29, 1.82) is 0 Å². The van der Waals surface area contributed by atoms with Crippen LogP contribution in [0.25, 0.3) is 0 Å². The first kappa shape index (κ1) is 14.4. The average Bonchev–Trinajstić information content (AvgIpc) is 3.15. The van der Waals surface area contributed by atoms with Crippen LogP contribution in [0.1, 0.15) is 24.0 Å². The van der Waals surface area contributed by atoms with E-state index >= 15 is 0 Å². The summed E-state index contributed by atoms with van der Waals surface area (Å²) in [6.07, 6.45) is 2.09. The van der Waals surface area contributed by atoms with Crippen LogP contribution in [0.15, 0.2) is 17.0 Å². The number of halogens is 1. The van der Waals surface area contributed by atoms with Crippen molar-refractivity contribution in [2.45, 2.75) is 31.3 Å². The average molecular weight is 287 g/mol. The molecule has 0 amide bonds. The largest absolute Gasteiger partial charge is 0.392 e. The van der Waals surface area contributed by atoms with Crippen LogP contribution in [0.3, 0.4) is 0 Å². The first-order valence-corrected chi connectivity index (χ1v) is 7.66. The number of rotatable bonds is 5. The highest BCUT2D eigenvalue weighted by Gasteiger charge is 2.30. The molecule has 0 radical (unpaired) electrons. The van der Waals surface area contributed by atoms with E-state index in [2.05, 4.69) is 0 Å². The fraction of sp³-hybridized carbons (Fsp3) is 0.538. The third kappa shape index (κ3) is 2.96. The van der Waals surface area contributed by atoms with Crippen molar-refractivity contribution in [2.75, 3.05) is 13.6 Å². The fourth-order valence-corrected chi connectivity index (χ4v) is 3.52. The van der Waals surface area contributed by atoms with Crippen molar-refractivity contribution in [1.82, 2.24) is 4.31 Å². The predicted octanol–water partition coefficient (Wildman–Crippen LogP) is 1.66. The number of sulfonamides is 1. The highest BCUT2D eigenvalue weighted by molar-refractivity contribution is 7.89. The highest BCUT2D eigenvalue weighted by atomic mass is 32.2. The lowest BCUT2D eigenvalue weighted by Gasteiger charge is -2.19. The topological polar surface area (TPSA) is 57.6 Å². The van der Waals surface area contributed by atoms with Crippen LogP contribution in [0, 0.1) is 18.7 Å². The molecule has 0 unspecified atom stereocenters. The molecule has 1 aromatic carbocycles. The molecule has 0 spiro atoms. The summed E-state index contributed by atoms with van der Waals surface area (Å²) in [7, 11) is -2.19. The number of nitrogens with zero attached hydrogens (tertiary/aromatic N) is 1. The number of aliphatic hydroxyl groups excluding tert-OH is 1. The van der Waals surface area contributed by atoms with Crippen LogP contribution in [0.2, 0.25) is 0 Å². The van der Waals surface area contributed by atoms with E-state index in [1.165, 1.54) is 24.3 Å². The van der Waals surface area contributed by atoms with Gasteiger partial charge in [0.25, 0.3) is 0 Å². The quantitative estimate of drug-likeness (QED) is 0.896. The van der Waals surface area contributed by atoms with Crippen molar-refractivity contribution in [3.8, 4) is 0 Å². The van der Waals surface area contributed by atoms with Gasteiger partial charge in [-0.15, -0.1) is 0 Å². The summed E-state index contributed by atoms with van der Waals surface area (Å²) < 4.78 is 39.8. The lowest BCUT2D eigenvalue weighted by molar-refractivity contribution is 0.280. The number of benzene rings is 1. The lowest BCUT2D eigenvalue weighted by Crippen LogP contribution is -2.29. The van der Waals surface area contributed by atoms with Gasteiger partial charge in [-0.05, 0) is 43.4 Å². The van der Waals surface area contributed by atoms with E-state index < -0.39 is 15.8 Å². The molecule has 0 aromatic heterocycles. The van der Waals surface area contributed by atoms with Gasteiger partial charge in [-0.25, -0.2) is 17.1 Å². The Morgan fingerprint density at radius 1 is 1.42 bits per heavy atom. The Hall–Kier alpha value is -0.980. The predicted molar refractivity (Wildman–Crippen MR) is 69.6 cm³/mol. The SMILES string of the molecule is Cc1c(F)cc(CO)cc1S(=O)(=O)N(C)CC1CC1. The van der Waals surface area contributed by atoms with Crippen LogP contribution in [0.4, 0.5) is 4.39 Å². The van der Waals surface area contributed by atoms with E-state index in [1.54, 1.807) is 0 Å². The van der Waals surface area contributed by atoms with Gasteiger partial charge in [-0.2, -0.15) is 0 Å². The first-order valence-electron chi connectivity index (χ1n) is 6.22. The second kappa shape index (κ2) is 5.19. The van der Waals surface area contributed by atoms with Crippen molar-refractivity contribution in [3.05, 3.63) is 29.1 Å². The summed E-state index contributed by atoms with van der Waals surface area (Å²) in [6.45, 7) is 1.52. The number of hydrogen-bond donors (Lipinski definition) is 1. The van der Waals surface area contributed by atoms with Crippen LogP contribution >= 0.6 is 0 Å². The Bertz CT molecular complexity index is 582. The minimum absolute atomic E-state index is 0.0558. The molecule has 0 atom stereocenters. The van der Waals surface area contributed by atoms with E-state index in [0.717, 1.165) is 18.9 Å². The van der Waals surface area contributed by atoms with Gasteiger partial charge < -0.3 is 5.11 Å². The monoisotopic (exact) mass is 287 g/mol. The minimum atomic E-state index is -3.70. The molecule has 6 heteroatoms. The molecule has 0 heterocycles. The van der Waals surface area contributed by atoms with Gasteiger partial charge in [-0.3, -0.25) is 0 Å². The zero-order chi connectivity index (χ0) is 14.2. The second-order valence-corrected chi connectivity index (χ2v) is 7.10. The van der Waals surface area contributed by atoms with Crippen LogP contribution in [-0.4, -0.2) is 31.4 Å². The smallest absolute Gasteiger partial charge is 0.243 e. The molecule has 1 fully saturated rings. The third-order valence-corrected chi connectivity index (χ3v) is 5.39. The van der Waals surface area contributed by atoms with E-state index in [0.29, 0.717) is 12.5 Å². The molecule has 106 valence electrons. The normalized spacial score (nSPS) is 16.1. The van der Waals surface area contributed by atoms with Gasteiger partial charge in [-0.1, -0.05) is 0 Å². The minimum Gasteiger partial charge on any atom is -0.392 e. The number of hydrogen-bond acceptors (Lipinski definition) is 3. The molecule has 19 heavy (non-hydrogen) atoms. The van der Waals surface area contributed by atoms with Gasteiger partial charge in [0.15, 0.2) is 0 Å². The van der Waals surface area contributed by atoms with Gasteiger partial charge in [0.1, 0.15) is 5.82 Å². The van der Waals surface area contributed by atoms with Gasteiger partial charge >= 0.3 is 0 Å². The van der Waals surface area contributed by atoms with Crippen molar-refractivity contribution < 1.29 is 17.9 Å². The molecular weight excluding hydrogens is 269 g/mol. The molecule has 1 aliphatic carbocycles. The van der Waals surface area contributed by atoms with Crippen LogP contribution in [0.5, 0.6) is 0 Å². The molecule has 1 saturated carbocycles. The molecular formula is C13H18FNO3S. The maximum absolute atomic E-state index is 13.7. The van der Waals surface area contributed by atoms with E-state index in [9.17, 15) is 12.8 Å². The molecule has 1 aliphatic rings. The van der Waals surface area contributed by atoms with E-state index in [1.807, 2.05) is 0 Å². The van der Waals surface area contributed by atoms with Crippen molar-refractivity contribution in [3.63, 3.8) is 0 Å². The molecule has 0 bridgehead atoms. The Kier molecular flexibility index (Phi) is 3.94. The first-order chi connectivity index (χ1) is 8.86. The summed E-state index contributed by atoms with van der Waals surface area (Å²) in [6, 6.07) is 2.51. The third-order valence-electron chi connectivity index (χ3n) is 3.44. The van der Waals surface area contributed by atoms with E-state index in [-0.39, 0.29) is 22.6 Å². The zero-order valence-corrected chi connectivity index (χ0v) is 11.9. The highest BCUT2D eigenvalue weighted by Crippen LogP contribution is 2.32. The Labute approximate surface area is 112 Å². The molecule has 1 N–H and O–H groups in total. The Morgan fingerprint density at radius 3 is 2.58 bits per heavy atom. The van der Waals surface area contributed by atoms with Gasteiger partial charge in [0, 0.05) is 19.2 Å². The fourth-order valence-electron chi connectivity index (χ4n) is 2.00. The second-order valence-electron chi connectivity index (χ2n) is 5.09. The maximum Gasteiger partial charge on any atom is 0.243 e. The van der Waals surface area contributed by atoms with Crippen LogP contribution < -0.4 is 0 Å². The standard InChI is InChI=1S/C13H18FNO3S/c1-9-12(14)5-11(8-16)6-13(9)19(17,18)15(2)7-10-3-4-10/h5-6,10,16H,3-4,7-8H2,1-2H3. The number of aliphatic hydroxyl groups is 1. The summed E-state index contributed by atoms with van der Waals surface area (Å²) in [5, 5.41) is 9.06. The molecule has 0 saturated heterocycles. The summed E-state index contributed by atoms with van der Waals surface area (Å²) in [5.74, 6) is -0.184. The van der Waals surface area contributed by atoms with Crippen molar-refractivity contribution >= 4 is 10.0 Å². The Balaban J connectivity index is 2.40. The van der Waals surface area contributed by atoms with Gasteiger partial charge in [0.05, 0.1) is 11.5 Å². The lowest BCUT2D eigenvalue weighted by atomic mass is 10.1.